The van der Waals surface area contributed by atoms with Crippen molar-refractivity contribution < 1.29 is 0 Å². The first-order valence-electron chi connectivity index (χ1n) is 21.4. The average molecular weight is 793 g/mol. The van der Waals surface area contributed by atoms with E-state index in [9.17, 15) is 0 Å². The summed E-state index contributed by atoms with van der Waals surface area (Å²) in [5, 5.41) is 0. The second-order valence-electron chi connectivity index (χ2n) is 16.2. The van der Waals surface area contributed by atoms with Gasteiger partial charge in [0.2, 0.25) is 0 Å². The van der Waals surface area contributed by atoms with Gasteiger partial charge < -0.3 is 10.6 Å². The molecular formula is C60H44N2. The van der Waals surface area contributed by atoms with Gasteiger partial charge in [-0.1, -0.05) is 206 Å². The summed E-state index contributed by atoms with van der Waals surface area (Å²) >= 11 is 0. The van der Waals surface area contributed by atoms with Crippen LogP contribution in [-0.2, 0) is 11.8 Å². The van der Waals surface area contributed by atoms with Crippen LogP contribution in [0.25, 0.3) is 44.7 Å². The van der Waals surface area contributed by atoms with Gasteiger partial charge in [-0.2, -0.15) is 0 Å². The molecular weight excluding hydrogens is 749 g/mol. The third-order valence-corrected chi connectivity index (χ3v) is 12.7. The van der Waals surface area contributed by atoms with E-state index in [1.807, 2.05) is 6.07 Å². The van der Waals surface area contributed by atoms with Gasteiger partial charge in [0.1, 0.15) is 0 Å². The van der Waals surface area contributed by atoms with Crippen LogP contribution in [0.5, 0.6) is 0 Å². The molecule has 1 heterocycles. The first kappa shape index (κ1) is 37.1. The maximum Gasteiger partial charge on any atom is 0.0754 e. The van der Waals surface area contributed by atoms with Gasteiger partial charge >= 0.3 is 0 Å². The van der Waals surface area contributed by atoms with Gasteiger partial charge in [0.15, 0.2) is 0 Å². The second-order valence-corrected chi connectivity index (χ2v) is 16.2. The van der Waals surface area contributed by atoms with Crippen LogP contribution in [0, 0.1) is 0 Å². The molecule has 9 aromatic rings. The fraction of sp³-hybridized carbons (Fsp3) is 0.0333. The third kappa shape index (κ3) is 6.28. The number of allylic oxidation sites excluding steroid dienone is 3. The molecule has 0 amide bonds. The van der Waals surface area contributed by atoms with Crippen molar-refractivity contribution >= 4 is 28.3 Å². The number of anilines is 3. The monoisotopic (exact) mass is 792 g/mol. The van der Waals surface area contributed by atoms with Crippen LogP contribution in [0.2, 0.25) is 0 Å². The molecule has 2 N–H and O–H groups in total. The van der Waals surface area contributed by atoms with Gasteiger partial charge in [-0.15, -0.1) is 0 Å². The molecule has 2 aliphatic rings. The molecule has 2 heteroatoms. The lowest BCUT2D eigenvalue weighted by atomic mass is 9.64. The van der Waals surface area contributed by atoms with E-state index in [1.54, 1.807) is 0 Å². The van der Waals surface area contributed by atoms with Crippen LogP contribution in [-0.4, -0.2) is 0 Å². The van der Waals surface area contributed by atoms with Crippen molar-refractivity contribution in [3.63, 3.8) is 0 Å². The molecule has 2 nitrogen and oxygen atoms in total. The molecule has 9 aromatic carbocycles. The number of fused-ring (bicyclic) bond motifs is 9. The highest BCUT2D eigenvalue weighted by atomic mass is 15.2. The Labute approximate surface area is 364 Å². The summed E-state index contributed by atoms with van der Waals surface area (Å²) in [4.78, 5) is 2.43. The molecule has 0 atom stereocenters. The Kier molecular flexibility index (Phi) is 9.32. The number of benzene rings is 9. The quantitative estimate of drug-likeness (QED) is 0.155. The number of hydrogen-bond donors (Lipinski definition) is 1. The first-order chi connectivity index (χ1) is 30.7. The maximum absolute atomic E-state index is 6.89. The molecule has 0 bridgehead atoms. The van der Waals surface area contributed by atoms with E-state index in [-0.39, 0.29) is 0 Å². The average Bonchev–Trinajstić information content (AvgIpc) is 3.64. The minimum Gasteiger partial charge on any atom is -0.398 e. The van der Waals surface area contributed by atoms with Crippen molar-refractivity contribution in [1.29, 1.82) is 0 Å². The van der Waals surface area contributed by atoms with Crippen molar-refractivity contribution in [2.75, 3.05) is 4.90 Å². The van der Waals surface area contributed by atoms with E-state index in [1.165, 1.54) is 72.6 Å². The van der Waals surface area contributed by atoms with E-state index in [0.29, 0.717) is 0 Å². The number of rotatable bonds is 8. The second kappa shape index (κ2) is 15.6. The van der Waals surface area contributed by atoms with Crippen LogP contribution in [0.15, 0.2) is 243 Å². The van der Waals surface area contributed by atoms with Gasteiger partial charge in [0, 0.05) is 11.4 Å². The summed E-state index contributed by atoms with van der Waals surface area (Å²) in [7, 11) is 0. The topological polar surface area (TPSA) is 29.3 Å². The molecule has 1 aliphatic heterocycles. The third-order valence-electron chi connectivity index (χ3n) is 12.7. The van der Waals surface area contributed by atoms with E-state index >= 15 is 0 Å². The molecule has 294 valence electrons. The highest BCUT2D eigenvalue weighted by Gasteiger charge is 2.51. The van der Waals surface area contributed by atoms with Crippen molar-refractivity contribution in [1.82, 2.24) is 0 Å². The summed E-state index contributed by atoms with van der Waals surface area (Å²) in [6, 6.07) is 83.5. The Morgan fingerprint density at radius 2 is 0.903 bits per heavy atom. The summed E-state index contributed by atoms with van der Waals surface area (Å²) in [6.45, 7) is 0. The van der Waals surface area contributed by atoms with Gasteiger partial charge in [-0.05, 0) is 121 Å². The number of hydrogen-bond acceptors (Lipinski definition) is 2. The van der Waals surface area contributed by atoms with E-state index in [0.717, 1.165) is 34.5 Å². The lowest BCUT2D eigenvalue weighted by Gasteiger charge is -2.45. The molecule has 0 saturated heterocycles. The van der Waals surface area contributed by atoms with Crippen molar-refractivity contribution in [2.45, 2.75) is 11.8 Å². The molecule has 0 aromatic heterocycles. The van der Waals surface area contributed by atoms with Crippen LogP contribution < -0.4 is 10.6 Å². The Bertz CT molecular complexity index is 3080. The van der Waals surface area contributed by atoms with E-state index in [4.69, 9.17) is 5.73 Å². The van der Waals surface area contributed by atoms with Gasteiger partial charge in [-0.25, -0.2) is 0 Å². The summed E-state index contributed by atoms with van der Waals surface area (Å²) in [6.07, 6.45) is 5.22. The molecule has 0 saturated carbocycles. The Morgan fingerprint density at radius 1 is 0.419 bits per heavy atom. The summed E-state index contributed by atoms with van der Waals surface area (Å²) in [5.41, 5.74) is 27.6. The molecule has 0 radical (unpaired) electrons. The maximum atomic E-state index is 6.89. The lowest BCUT2D eigenvalue weighted by molar-refractivity contribution is 0.753. The molecule has 62 heavy (non-hydrogen) atoms. The lowest BCUT2D eigenvalue weighted by Crippen LogP contribution is -2.36. The molecule has 1 aliphatic carbocycles. The predicted octanol–water partition coefficient (Wildman–Crippen LogP) is 14.8. The summed E-state index contributed by atoms with van der Waals surface area (Å²) in [5.74, 6) is 0. The van der Waals surface area contributed by atoms with Crippen LogP contribution in [0.3, 0.4) is 0 Å². The molecule has 0 unspecified atom stereocenters. The Balaban J connectivity index is 1.00. The van der Waals surface area contributed by atoms with E-state index < -0.39 is 5.41 Å². The largest absolute Gasteiger partial charge is 0.398 e. The zero-order chi connectivity index (χ0) is 41.5. The minimum atomic E-state index is -0.505. The predicted molar refractivity (Wildman–Crippen MR) is 260 cm³/mol. The van der Waals surface area contributed by atoms with Gasteiger partial charge in [0.25, 0.3) is 0 Å². The normalized spacial score (nSPS) is 13.6. The minimum absolute atomic E-state index is 0.505. The molecule has 0 fully saturated rings. The van der Waals surface area contributed by atoms with E-state index in [2.05, 4.69) is 242 Å². The van der Waals surface area contributed by atoms with Crippen LogP contribution in [0.1, 0.15) is 38.9 Å². The highest BCUT2D eigenvalue weighted by Crippen LogP contribution is 2.63. The summed E-state index contributed by atoms with van der Waals surface area (Å²) < 4.78 is 0. The number of para-hydroxylation sites is 3. The Hall–Kier alpha value is -7.94. The zero-order valence-electron chi connectivity index (χ0n) is 34.3. The fourth-order valence-corrected chi connectivity index (χ4v) is 9.83. The molecule has 11 rings (SSSR count). The standard InChI is InChI=1S/C60H44N2/c61-57(47-36-34-44(35-37-47)43-18-6-2-7-19-43)41-49(29-28-42-16-4-1-5-17-42)46-32-30-45(31-33-46)48-38-39-52-51-22-10-11-23-53(51)60(56(52)40-48)54-24-12-14-26-58(54)62(50-20-8-3-9-21-50)59-27-15-13-25-55(59)60/h1-27,29-41H,28,61H2/b49-29+,57-41-. The smallest absolute Gasteiger partial charge is 0.0754 e. The van der Waals surface area contributed by atoms with Crippen molar-refractivity contribution in [2.24, 2.45) is 5.73 Å². The highest BCUT2D eigenvalue weighted by molar-refractivity contribution is 5.96. The number of nitrogens with two attached hydrogens (primary N) is 1. The SMILES string of the molecule is N/C(=C\C(=C/Cc1ccccc1)c1ccc(-c2ccc3c(c2)C2(c4ccccc4-3)c3ccccc3N(c3ccccc3)c3ccccc32)cc1)c1ccc(-c2ccccc2)cc1. The molecule has 1 spiro atoms. The van der Waals surface area contributed by atoms with Crippen LogP contribution >= 0.6 is 0 Å². The van der Waals surface area contributed by atoms with Crippen molar-refractivity contribution in [3.05, 3.63) is 282 Å². The zero-order valence-corrected chi connectivity index (χ0v) is 34.3. The Morgan fingerprint density at radius 3 is 1.56 bits per heavy atom. The van der Waals surface area contributed by atoms with Crippen LogP contribution in [0.4, 0.5) is 17.1 Å². The fourth-order valence-electron chi connectivity index (χ4n) is 9.83. The first-order valence-corrected chi connectivity index (χ1v) is 21.4. The van der Waals surface area contributed by atoms with Crippen molar-refractivity contribution in [3.8, 4) is 33.4 Å². The van der Waals surface area contributed by atoms with Gasteiger partial charge in [0.05, 0.1) is 16.8 Å². The number of nitrogens with zero attached hydrogens (tertiary/aromatic N) is 1. The van der Waals surface area contributed by atoms with Gasteiger partial charge in [-0.3, -0.25) is 0 Å².